The molecule has 0 aliphatic heterocycles. The van der Waals surface area contributed by atoms with E-state index in [9.17, 15) is 0 Å². The summed E-state index contributed by atoms with van der Waals surface area (Å²) in [7, 11) is 1.73. The first-order valence-corrected chi connectivity index (χ1v) is 7.34. The maximum Gasteiger partial charge on any atom is 0.122 e. The predicted octanol–water partition coefficient (Wildman–Crippen LogP) is 3.92. The fourth-order valence-corrected chi connectivity index (χ4v) is 3.59. The second-order valence-electron chi connectivity index (χ2n) is 6.34. The van der Waals surface area contributed by atoms with E-state index in [0.29, 0.717) is 11.8 Å². The molecule has 1 aliphatic rings. The highest BCUT2D eigenvalue weighted by Crippen LogP contribution is 2.44. The Kier molecular flexibility index (Phi) is 3.91. The summed E-state index contributed by atoms with van der Waals surface area (Å²) in [6.45, 7) is 8.89. The van der Waals surface area contributed by atoms with Gasteiger partial charge in [0.25, 0.3) is 0 Å². The van der Waals surface area contributed by atoms with Gasteiger partial charge in [-0.3, -0.25) is 0 Å². The standard InChI is InChI=1S/C17H27NO/c1-11-7-6-8-17(18,14(11)4)15-9-13(3)16(19-5)10-12(15)2/h9-11,14H,6-8,18H2,1-5H3. The molecule has 2 nitrogen and oxygen atoms in total. The highest BCUT2D eigenvalue weighted by Gasteiger charge is 2.40. The molecule has 2 rings (SSSR count). The number of hydrogen-bond donors (Lipinski definition) is 1. The molecular weight excluding hydrogens is 234 g/mol. The summed E-state index contributed by atoms with van der Waals surface area (Å²) in [5.41, 5.74) is 10.4. The van der Waals surface area contributed by atoms with Crippen LogP contribution < -0.4 is 10.5 Å². The molecule has 3 unspecified atom stereocenters. The smallest absolute Gasteiger partial charge is 0.122 e. The van der Waals surface area contributed by atoms with Crippen LogP contribution in [0.25, 0.3) is 0 Å². The van der Waals surface area contributed by atoms with E-state index in [0.717, 1.165) is 12.2 Å². The van der Waals surface area contributed by atoms with Crippen LogP contribution in [0, 0.1) is 25.7 Å². The first kappa shape index (κ1) is 14.4. The van der Waals surface area contributed by atoms with Crippen molar-refractivity contribution in [2.75, 3.05) is 7.11 Å². The van der Waals surface area contributed by atoms with Gasteiger partial charge in [-0.05, 0) is 54.9 Å². The molecular formula is C17H27NO. The number of methoxy groups -OCH3 is 1. The van der Waals surface area contributed by atoms with E-state index in [1.54, 1.807) is 7.11 Å². The van der Waals surface area contributed by atoms with Crippen molar-refractivity contribution in [3.63, 3.8) is 0 Å². The highest BCUT2D eigenvalue weighted by atomic mass is 16.5. The van der Waals surface area contributed by atoms with Crippen molar-refractivity contribution in [2.45, 2.75) is 52.5 Å². The number of nitrogens with two attached hydrogens (primary N) is 1. The summed E-state index contributed by atoms with van der Waals surface area (Å²) < 4.78 is 5.41. The molecule has 0 radical (unpaired) electrons. The first-order chi connectivity index (χ1) is 8.90. The highest BCUT2D eigenvalue weighted by molar-refractivity contribution is 5.45. The third kappa shape index (κ3) is 2.38. The number of rotatable bonds is 2. The molecule has 1 aromatic carbocycles. The van der Waals surface area contributed by atoms with Crippen molar-refractivity contribution in [3.05, 3.63) is 28.8 Å². The van der Waals surface area contributed by atoms with E-state index in [2.05, 4.69) is 39.8 Å². The fraction of sp³-hybridized carbons (Fsp3) is 0.647. The Balaban J connectivity index is 2.48. The van der Waals surface area contributed by atoms with Crippen LogP contribution >= 0.6 is 0 Å². The van der Waals surface area contributed by atoms with E-state index in [4.69, 9.17) is 10.5 Å². The lowest BCUT2D eigenvalue weighted by atomic mass is 9.65. The summed E-state index contributed by atoms with van der Waals surface area (Å²) in [5.74, 6) is 2.18. The van der Waals surface area contributed by atoms with Crippen LogP contribution in [0.5, 0.6) is 5.75 Å². The maximum atomic E-state index is 6.83. The topological polar surface area (TPSA) is 35.2 Å². The van der Waals surface area contributed by atoms with Gasteiger partial charge < -0.3 is 10.5 Å². The number of ether oxygens (including phenoxy) is 1. The van der Waals surface area contributed by atoms with Gasteiger partial charge in [-0.15, -0.1) is 0 Å². The molecule has 2 heteroatoms. The molecule has 3 atom stereocenters. The van der Waals surface area contributed by atoms with Gasteiger partial charge in [0.05, 0.1) is 7.11 Å². The molecule has 0 amide bonds. The fourth-order valence-electron chi connectivity index (χ4n) is 3.59. The number of hydrogen-bond acceptors (Lipinski definition) is 2. The van der Waals surface area contributed by atoms with Crippen molar-refractivity contribution >= 4 is 0 Å². The van der Waals surface area contributed by atoms with Crippen molar-refractivity contribution in [2.24, 2.45) is 17.6 Å². The lowest BCUT2D eigenvalue weighted by molar-refractivity contribution is 0.143. The van der Waals surface area contributed by atoms with Gasteiger partial charge in [-0.1, -0.05) is 32.8 Å². The molecule has 1 saturated carbocycles. The SMILES string of the molecule is COc1cc(C)c(C2(N)CCCC(C)C2C)cc1C. The molecule has 0 bridgehead atoms. The quantitative estimate of drug-likeness (QED) is 0.875. The van der Waals surface area contributed by atoms with Crippen LogP contribution in [0.15, 0.2) is 12.1 Å². The molecule has 19 heavy (non-hydrogen) atoms. The van der Waals surface area contributed by atoms with E-state index < -0.39 is 0 Å². The lowest BCUT2D eigenvalue weighted by Gasteiger charge is -2.44. The van der Waals surface area contributed by atoms with Crippen molar-refractivity contribution < 1.29 is 4.74 Å². The molecule has 0 heterocycles. The van der Waals surface area contributed by atoms with E-state index in [-0.39, 0.29) is 5.54 Å². The van der Waals surface area contributed by atoms with Crippen LogP contribution in [0.1, 0.15) is 49.8 Å². The number of benzene rings is 1. The van der Waals surface area contributed by atoms with Crippen LogP contribution in [0.4, 0.5) is 0 Å². The Morgan fingerprint density at radius 2 is 1.89 bits per heavy atom. The molecule has 2 N–H and O–H groups in total. The zero-order valence-corrected chi connectivity index (χ0v) is 12.9. The Morgan fingerprint density at radius 1 is 1.21 bits per heavy atom. The first-order valence-electron chi connectivity index (χ1n) is 7.34. The molecule has 0 spiro atoms. The molecule has 106 valence electrons. The second-order valence-corrected chi connectivity index (χ2v) is 6.34. The third-order valence-corrected chi connectivity index (χ3v) is 5.16. The molecule has 0 saturated heterocycles. The predicted molar refractivity (Wildman–Crippen MR) is 80.5 cm³/mol. The Labute approximate surface area is 117 Å². The van der Waals surface area contributed by atoms with Gasteiger partial charge in [-0.2, -0.15) is 0 Å². The molecule has 1 fully saturated rings. The van der Waals surface area contributed by atoms with Crippen LogP contribution in [0.3, 0.4) is 0 Å². The van der Waals surface area contributed by atoms with Crippen LogP contribution in [-0.4, -0.2) is 7.11 Å². The number of aryl methyl sites for hydroxylation is 2. The van der Waals surface area contributed by atoms with E-state index in [1.165, 1.54) is 29.5 Å². The van der Waals surface area contributed by atoms with Crippen molar-refractivity contribution in [1.82, 2.24) is 0 Å². The summed E-state index contributed by atoms with van der Waals surface area (Å²) in [5, 5.41) is 0. The zero-order valence-electron chi connectivity index (χ0n) is 12.9. The van der Waals surface area contributed by atoms with Crippen LogP contribution in [-0.2, 0) is 5.54 Å². The third-order valence-electron chi connectivity index (χ3n) is 5.16. The van der Waals surface area contributed by atoms with Gasteiger partial charge in [0, 0.05) is 5.54 Å². The largest absolute Gasteiger partial charge is 0.496 e. The summed E-state index contributed by atoms with van der Waals surface area (Å²) in [6.07, 6.45) is 3.62. The van der Waals surface area contributed by atoms with Gasteiger partial charge in [0.15, 0.2) is 0 Å². The minimum absolute atomic E-state index is 0.182. The van der Waals surface area contributed by atoms with Crippen molar-refractivity contribution in [3.8, 4) is 5.75 Å². The minimum Gasteiger partial charge on any atom is -0.496 e. The van der Waals surface area contributed by atoms with E-state index >= 15 is 0 Å². The normalized spacial score (nSPS) is 31.3. The summed E-state index contributed by atoms with van der Waals surface area (Å²) in [6, 6.07) is 4.37. The average molecular weight is 261 g/mol. The minimum atomic E-state index is -0.182. The van der Waals surface area contributed by atoms with Gasteiger partial charge in [0.2, 0.25) is 0 Å². The summed E-state index contributed by atoms with van der Waals surface area (Å²) >= 11 is 0. The average Bonchev–Trinajstić information content (AvgIpc) is 2.38. The Hall–Kier alpha value is -1.02. The Bertz CT molecular complexity index is 469. The van der Waals surface area contributed by atoms with Gasteiger partial charge >= 0.3 is 0 Å². The zero-order chi connectivity index (χ0) is 14.2. The Morgan fingerprint density at radius 3 is 2.53 bits per heavy atom. The van der Waals surface area contributed by atoms with Crippen LogP contribution in [0.2, 0.25) is 0 Å². The molecule has 0 aromatic heterocycles. The lowest BCUT2D eigenvalue weighted by Crippen LogP contribution is -2.48. The van der Waals surface area contributed by atoms with Crippen molar-refractivity contribution in [1.29, 1.82) is 0 Å². The second kappa shape index (κ2) is 5.16. The monoisotopic (exact) mass is 261 g/mol. The van der Waals surface area contributed by atoms with Gasteiger partial charge in [0.1, 0.15) is 5.75 Å². The molecule has 1 aromatic rings. The van der Waals surface area contributed by atoms with E-state index in [1.807, 2.05) is 0 Å². The van der Waals surface area contributed by atoms with Gasteiger partial charge in [-0.25, -0.2) is 0 Å². The summed E-state index contributed by atoms with van der Waals surface area (Å²) in [4.78, 5) is 0. The molecule has 1 aliphatic carbocycles. The maximum absolute atomic E-state index is 6.83.